The van der Waals surface area contributed by atoms with E-state index in [9.17, 15) is 9.59 Å². The average molecular weight is 263 g/mol. The van der Waals surface area contributed by atoms with E-state index in [2.05, 4.69) is 17.5 Å². The lowest BCUT2D eigenvalue weighted by molar-refractivity contribution is 0.0653. The summed E-state index contributed by atoms with van der Waals surface area (Å²) in [4.78, 5) is 25.2. The van der Waals surface area contributed by atoms with Crippen LogP contribution in [0.1, 0.15) is 27.1 Å². The molecule has 1 heterocycles. The highest BCUT2D eigenvalue weighted by molar-refractivity contribution is 7.80. The van der Waals surface area contributed by atoms with Crippen LogP contribution >= 0.6 is 12.2 Å². The van der Waals surface area contributed by atoms with E-state index in [-0.39, 0.29) is 16.9 Å². The zero-order valence-corrected chi connectivity index (χ0v) is 10.5. The van der Waals surface area contributed by atoms with Crippen molar-refractivity contribution < 1.29 is 9.59 Å². The molecule has 0 saturated heterocycles. The number of benzene rings is 1. The molecule has 1 aliphatic heterocycles. The Balaban J connectivity index is 1.99. The van der Waals surface area contributed by atoms with Crippen LogP contribution in [0.5, 0.6) is 0 Å². The van der Waals surface area contributed by atoms with E-state index in [1.165, 1.54) is 4.90 Å². The summed E-state index contributed by atoms with van der Waals surface area (Å²) in [5, 5.41) is 3.00. The molecule has 0 aliphatic carbocycles. The number of fused-ring (bicyclic) bond motifs is 1. The van der Waals surface area contributed by atoms with Crippen molar-refractivity contribution in [3.63, 3.8) is 0 Å². The lowest BCUT2D eigenvalue weighted by atomic mass is 10.1. The van der Waals surface area contributed by atoms with E-state index in [1.54, 1.807) is 24.3 Å². The first-order valence-electron chi connectivity index (χ1n) is 5.60. The number of amides is 2. The van der Waals surface area contributed by atoms with Gasteiger partial charge in [-0.25, -0.2) is 0 Å². The highest BCUT2D eigenvalue weighted by Gasteiger charge is 2.34. The largest absolute Gasteiger partial charge is 0.376 e. The number of nitrogens with zero attached hydrogens (tertiary/aromatic N) is 1. The molecule has 0 spiro atoms. The second kappa shape index (κ2) is 5.14. The van der Waals surface area contributed by atoms with Gasteiger partial charge in [0, 0.05) is 13.1 Å². The number of nitrogens with two attached hydrogens (primary N) is 1. The predicted octanol–water partition coefficient (Wildman–Crippen LogP) is 0.506. The van der Waals surface area contributed by atoms with Crippen molar-refractivity contribution in [1.82, 2.24) is 10.2 Å². The molecule has 2 amide bonds. The Hall–Kier alpha value is -1.95. The Morgan fingerprint density at radius 1 is 1.22 bits per heavy atom. The van der Waals surface area contributed by atoms with Crippen LogP contribution in [-0.4, -0.2) is 34.9 Å². The molecule has 3 N–H and O–H groups in total. The molecule has 5 nitrogen and oxygen atoms in total. The minimum Gasteiger partial charge on any atom is -0.376 e. The fraction of sp³-hybridized carbons (Fsp3) is 0.250. The number of nitrogens with one attached hydrogen (secondary N) is 1. The quantitative estimate of drug-likeness (QED) is 0.470. The summed E-state index contributed by atoms with van der Waals surface area (Å²) in [6.07, 6.45) is 0.614. The van der Waals surface area contributed by atoms with Crippen LogP contribution in [0.4, 0.5) is 0 Å². The zero-order valence-electron chi connectivity index (χ0n) is 9.68. The highest BCUT2D eigenvalue weighted by Crippen LogP contribution is 2.22. The van der Waals surface area contributed by atoms with E-state index < -0.39 is 0 Å². The Kier molecular flexibility index (Phi) is 3.57. The average Bonchev–Trinajstić information content (AvgIpc) is 2.59. The molecule has 1 aliphatic rings. The van der Waals surface area contributed by atoms with Gasteiger partial charge in [-0.2, -0.15) is 0 Å². The fourth-order valence-electron chi connectivity index (χ4n) is 1.89. The molecule has 0 unspecified atom stereocenters. The van der Waals surface area contributed by atoms with Gasteiger partial charge in [-0.1, -0.05) is 12.1 Å². The molecule has 0 saturated carbocycles. The topological polar surface area (TPSA) is 75.4 Å². The van der Waals surface area contributed by atoms with Crippen LogP contribution in [0, 0.1) is 0 Å². The first-order valence-corrected chi connectivity index (χ1v) is 6.00. The van der Waals surface area contributed by atoms with E-state index in [1.807, 2.05) is 0 Å². The standard InChI is InChI=1S/C12H13N3O2S/c13-12(18)14-6-3-7-15-10(16)8-4-1-2-5-9(8)11(15)17/h1-2,4-5H,3,6-7H2,(H3,13,14,18). The third-order valence-electron chi connectivity index (χ3n) is 2.74. The molecule has 0 aromatic heterocycles. The van der Waals surface area contributed by atoms with Crippen molar-refractivity contribution in [3.8, 4) is 0 Å². The number of carbonyl (C=O) groups is 2. The van der Waals surface area contributed by atoms with Gasteiger partial charge in [0.25, 0.3) is 11.8 Å². The van der Waals surface area contributed by atoms with Gasteiger partial charge in [-0.15, -0.1) is 0 Å². The number of rotatable bonds is 4. The van der Waals surface area contributed by atoms with Crippen LogP contribution in [0.3, 0.4) is 0 Å². The van der Waals surface area contributed by atoms with E-state index in [0.717, 1.165) is 0 Å². The molecule has 0 bridgehead atoms. The maximum absolute atomic E-state index is 12.0. The first kappa shape index (κ1) is 12.5. The van der Waals surface area contributed by atoms with E-state index >= 15 is 0 Å². The van der Waals surface area contributed by atoms with Gasteiger partial charge in [-0.3, -0.25) is 14.5 Å². The van der Waals surface area contributed by atoms with Gasteiger partial charge in [0.15, 0.2) is 5.11 Å². The van der Waals surface area contributed by atoms with Crippen molar-refractivity contribution in [2.75, 3.05) is 13.1 Å². The maximum Gasteiger partial charge on any atom is 0.261 e. The molecule has 2 rings (SSSR count). The maximum atomic E-state index is 12.0. The molecule has 1 aromatic rings. The first-order chi connectivity index (χ1) is 8.61. The third kappa shape index (κ3) is 2.33. The van der Waals surface area contributed by atoms with Crippen molar-refractivity contribution in [2.24, 2.45) is 5.73 Å². The number of thiocarbonyl (C=S) groups is 1. The summed E-state index contributed by atoms with van der Waals surface area (Å²) in [5.41, 5.74) is 6.24. The summed E-state index contributed by atoms with van der Waals surface area (Å²) in [5.74, 6) is -0.461. The van der Waals surface area contributed by atoms with Gasteiger partial charge in [-0.05, 0) is 30.8 Å². The monoisotopic (exact) mass is 263 g/mol. The molecule has 0 fully saturated rings. The number of carbonyl (C=O) groups excluding carboxylic acids is 2. The van der Waals surface area contributed by atoms with Crippen LogP contribution in [-0.2, 0) is 0 Å². The van der Waals surface area contributed by atoms with Gasteiger partial charge in [0.05, 0.1) is 11.1 Å². The molecule has 18 heavy (non-hydrogen) atoms. The molecule has 6 heteroatoms. The summed E-state index contributed by atoms with van der Waals surface area (Å²) in [7, 11) is 0. The van der Waals surface area contributed by atoms with Gasteiger partial charge >= 0.3 is 0 Å². The SMILES string of the molecule is NC(=S)NCCCN1C(=O)c2ccccc2C1=O. The second-order valence-corrected chi connectivity index (χ2v) is 4.39. The summed E-state index contributed by atoms with van der Waals surface area (Å²) < 4.78 is 0. The summed E-state index contributed by atoms with van der Waals surface area (Å²) >= 11 is 4.67. The van der Waals surface area contributed by atoms with Crippen molar-refractivity contribution in [1.29, 1.82) is 0 Å². The predicted molar refractivity (Wildman–Crippen MR) is 71.2 cm³/mol. The second-order valence-electron chi connectivity index (χ2n) is 3.95. The van der Waals surface area contributed by atoms with Crippen molar-refractivity contribution in [2.45, 2.75) is 6.42 Å². The Morgan fingerprint density at radius 3 is 2.28 bits per heavy atom. The fourth-order valence-corrected chi connectivity index (χ4v) is 1.99. The number of imide groups is 1. The van der Waals surface area contributed by atoms with Gasteiger partial charge in [0.2, 0.25) is 0 Å². The lowest BCUT2D eigenvalue weighted by Gasteiger charge is -2.13. The minimum atomic E-state index is -0.231. The van der Waals surface area contributed by atoms with Crippen LogP contribution < -0.4 is 11.1 Å². The Bertz CT molecular complexity index is 481. The van der Waals surface area contributed by atoms with E-state index in [4.69, 9.17) is 5.73 Å². The van der Waals surface area contributed by atoms with Gasteiger partial charge < -0.3 is 11.1 Å². The Labute approximate surface area is 110 Å². The van der Waals surface area contributed by atoms with E-state index in [0.29, 0.717) is 30.6 Å². The molecular formula is C12H13N3O2S. The van der Waals surface area contributed by atoms with Crippen molar-refractivity contribution >= 4 is 29.1 Å². The van der Waals surface area contributed by atoms with Crippen LogP contribution in [0.25, 0.3) is 0 Å². The Morgan fingerprint density at radius 2 is 1.78 bits per heavy atom. The smallest absolute Gasteiger partial charge is 0.261 e. The minimum absolute atomic E-state index is 0.220. The van der Waals surface area contributed by atoms with Crippen LogP contribution in [0.15, 0.2) is 24.3 Å². The number of hydrogen-bond acceptors (Lipinski definition) is 3. The summed E-state index contributed by atoms with van der Waals surface area (Å²) in [6.45, 7) is 0.907. The van der Waals surface area contributed by atoms with Crippen molar-refractivity contribution in [3.05, 3.63) is 35.4 Å². The third-order valence-corrected chi connectivity index (χ3v) is 2.88. The van der Waals surface area contributed by atoms with Gasteiger partial charge in [0.1, 0.15) is 0 Å². The van der Waals surface area contributed by atoms with Crippen LogP contribution in [0.2, 0.25) is 0 Å². The molecule has 0 radical (unpaired) electrons. The molecule has 1 aromatic carbocycles. The number of hydrogen-bond donors (Lipinski definition) is 2. The highest BCUT2D eigenvalue weighted by atomic mass is 32.1. The lowest BCUT2D eigenvalue weighted by Crippen LogP contribution is -2.35. The molecular weight excluding hydrogens is 250 g/mol. The molecule has 94 valence electrons. The summed E-state index contributed by atoms with van der Waals surface area (Å²) in [6, 6.07) is 6.84. The zero-order chi connectivity index (χ0) is 13.1. The normalized spacial score (nSPS) is 13.7. The molecule has 0 atom stereocenters.